The minimum absolute atomic E-state index is 0.0118. The van der Waals surface area contributed by atoms with E-state index >= 15 is 0 Å². The summed E-state index contributed by atoms with van der Waals surface area (Å²) in [4.78, 5) is 24.8. The first-order valence-electron chi connectivity index (χ1n) is 10.0. The van der Waals surface area contributed by atoms with Crippen molar-refractivity contribution in [2.75, 3.05) is 52.7 Å². The van der Waals surface area contributed by atoms with Gasteiger partial charge in [-0.3, -0.25) is 14.7 Å². The van der Waals surface area contributed by atoms with Crippen molar-refractivity contribution in [3.63, 3.8) is 0 Å². The summed E-state index contributed by atoms with van der Waals surface area (Å²) in [6.07, 6.45) is 2.58. The Labute approximate surface area is 175 Å². The van der Waals surface area contributed by atoms with E-state index < -0.39 is 0 Å². The largest absolute Gasteiger partial charge is 0.493 e. The number of nitrogen functional groups attached to an aromatic ring is 1. The number of amides is 1. The maximum Gasteiger partial charge on any atom is 0.270 e. The van der Waals surface area contributed by atoms with Gasteiger partial charge in [-0.2, -0.15) is 0 Å². The Morgan fingerprint density at radius 2 is 1.87 bits per heavy atom. The molecule has 158 valence electrons. The zero-order valence-corrected chi connectivity index (χ0v) is 17.4. The van der Waals surface area contributed by atoms with Crippen LogP contribution in [0.3, 0.4) is 0 Å². The zero-order valence-electron chi connectivity index (χ0n) is 17.4. The second kappa shape index (κ2) is 8.62. The first-order valence-corrected chi connectivity index (χ1v) is 10.0. The number of carbonyl (C=O) groups is 1. The number of ether oxygens (including phenoxy) is 2. The standard InChI is InChI=1S/C22H27N5O3/c1-29-20-13-15-12-19(25-18(15)14-21(20)30-2)22(28)27-10-8-26(9-11-27)7-5-17-16(23)4-3-6-24-17/h3-4,6,12-14,25H,5,7-11,23H2,1-2H3. The molecule has 0 bridgehead atoms. The number of nitrogens with two attached hydrogens (primary N) is 1. The Morgan fingerprint density at radius 3 is 2.57 bits per heavy atom. The van der Waals surface area contributed by atoms with E-state index in [9.17, 15) is 4.79 Å². The number of fused-ring (bicyclic) bond motifs is 1. The van der Waals surface area contributed by atoms with Crippen molar-refractivity contribution in [2.45, 2.75) is 6.42 Å². The molecule has 1 saturated heterocycles. The van der Waals surface area contributed by atoms with E-state index in [4.69, 9.17) is 15.2 Å². The molecule has 0 aliphatic carbocycles. The number of aromatic nitrogens is 2. The van der Waals surface area contributed by atoms with Crippen LogP contribution in [0.5, 0.6) is 11.5 Å². The van der Waals surface area contributed by atoms with Crippen LogP contribution in [0.4, 0.5) is 5.69 Å². The van der Waals surface area contributed by atoms with Crippen molar-refractivity contribution >= 4 is 22.5 Å². The highest BCUT2D eigenvalue weighted by Crippen LogP contribution is 2.32. The molecule has 1 aliphatic rings. The van der Waals surface area contributed by atoms with E-state index in [1.165, 1.54) is 0 Å². The van der Waals surface area contributed by atoms with Gasteiger partial charge < -0.3 is 25.1 Å². The predicted molar refractivity (Wildman–Crippen MR) is 116 cm³/mol. The molecule has 0 unspecified atom stereocenters. The number of carbonyl (C=O) groups excluding carboxylic acids is 1. The Morgan fingerprint density at radius 1 is 1.13 bits per heavy atom. The van der Waals surface area contributed by atoms with Crippen molar-refractivity contribution in [2.24, 2.45) is 0 Å². The van der Waals surface area contributed by atoms with Gasteiger partial charge in [0.05, 0.1) is 25.6 Å². The summed E-state index contributed by atoms with van der Waals surface area (Å²) in [5.41, 5.74) is 9.07. The average Bonchev–Trinajstić information content (AvgIpc) is 3.20. The number of benzene rings is 1. The summed E-state index contributed by atoms with van der Waals surface area (Å²) in [6.45, 7) is 3.94. The van der Waals surface area contributed by atoms with Gasteiger partial charge in [0.2, 0.25) is 0 Å². The van der Waals surface area contributed by atoms with Crippen molar-refractivity contribution in [3.05, 3.63) is 47.9 Å². The molecular weight excluding hydrogens is 382 g/mol. The molecule has 8 heteroatoms. The Kier molecular flexibility index (Phi) is 5.76. The Hall–Kier alpha value is -3.26. The van der Waals surface area contributed by atoms with Crippen LogP contribution < -0.4 is 15.2 Å². The highest BCUT2D eigenvalue weighted by Gasteiger charge is 2.23. The topological polar surface area (TPSA) is 96.7 Å². The first kappa shape index (κ1) is 20.0. The van der Waals surface area contributed by atoms with E-state index in [2.05, 4.69) is 14.9 Å². The fraction of sp³-hybridized carbons (Fsp3) is 0.364. The molecule has 0 atom stereocenters. The summed E-state index contributed by atoms with van der Waals surface area (Å²) in [6, 6.07) is 9.33. The monoisotopic (exact) mass is 409 g/mol. The molecule has 30 heavy (non-hydrogen) atoms. The van der Waals surface area contributed by atoms with Crippen LogP contribution in [-0.4, -0.2) is 72.6 Å². The molecule has 3 aromatic rings. The first-order chi connectivity index (χ1) is 14.6. The lowest BCUT2D eigenvalue weighted by Crippen LogP contribution is -2.49. The highest BCUT2D eigenvalue weighted by molar-refractivity contribution is 5.98. The number of nitrogens with one attached hydrogen (secondary N) is 1. The average molecular weight is 409 g/mol. The molecular formula is C22H27N5O3. The van der Waals surface area contributed by atoms with Crippen molar-refractivity contribution in [3.8, 4) is 11.5 Å². The quantitative estimate of drug-likeness (QED) is 0.648. The third kappa shape index (κ3) is 4.04. The van der Waals surface area contributed by atoms with Crippen LogP contribution in [-0.2, 0) is 6.42 Å². The van der Waals surface area contributed by atoms with Crippen molar-refractivity contribution in [1.82, 2.24) is 19.8 Å². The molecule has 3 N–H and O–H groups in total. The summed E-state index contributed by atoms with van der Waals surface area (Å²) >= 11 is 0. The highest BCUT2D eigenvalue weighted by atomic mass is 16.5. The van der Waals surface area contributed by atoms with Crippen molar-refractivity contribution < 1.29 is 14.3 Å². The number of rotatable bonds is 6. The van der Waals surface area contributed by atoms with Gasteiger partial charge in [-0.25, -0.2) is 0 Å². The van der Waals surface area contributed by atoms with Crippen LogP contribution >= 0.6 is 0 Å². The molecule has 1 aliphatic heterocycles. The van der Waals surface area contributed by atoms with Gasteiger partial charge in [0.1, 0.15) is 5.69 Å². The minimum atomic E-state index is 0.0118. The number of hydrogen-bond acceptors (Lipinski definition) is 6. The van der Waals surface area contributed by atoms with Crippen LogP contribution in [0, 0.1) is 0 Å². The Bertz CT molecular complexity index is 999. The number of methoxy groups -OCH3 is 2. The van der Waals surface area contributed by atoms with Gasteiger partial charge in [-0.15, -0.1) is 0 Å². The predicted octanol–water partition coefficient (Wildman–Crippen LogP) is 2.16. The number of hydrogen-bond donors (Lipinski definition) is 2. The lowest BCUT2D eigenvalue weighted by Gasteiger charge is -2.34. The minimum Gasteiger partial charge on any atom is -0.493 e. The number of nitrogens with zero attached hydrogens (tertiary/aromatic N) is 3. The smallest absolute Gasteiger partial charge is 0.270 e. The summed E-state index contributed by atoms with van der Waals surface area (Å²) in [7, 11) is 3.20. The molecule has 2 aromatic heterocycles. The third-order valence-corrected chi connectivity index (χ3v) is 5.61. The van der Waals surface area contributed by atoms with Crippen LogP contribution in [0.15, 0.2) is 36.5 Å². The number of pyridine rings is 1. The zero-order chi connectivity index (χ0) is 21.1. The van der Waals surface area contributed by atoms with Gasteiger partial charge >= 0.3 is 0 Å². The molecule has 1 aromatic carbocycles. The summed E-state index contributed by atoms with van der Waals surface area (Å²) in [5, 5.41) is 0.919. The second-order valence-corrected chi connectivity index (χ2v) is 7.40. The Balaban J connectivity index is 1.37. The number of aromatic amines is 1. The lowest BCUT2D eigenvalue weighted by atomic mass is 10.2. The van der Waals surface area contributed by atoms with Gasteiger partial charge in [0, 0.05) is 62.3 Å². The van der Waals surface area contributed by atoms with E-state index in [0.717, 1.165) is 48.3 Å². The lowest BCUT2D eigenvalue weighted by molar-refractivity contribution is 0.0633. The van der Waals surface area contributed by atoms with Gasteiger partial charge in [-0.1, -0.05) is 0 Å². The molecule has 0 saturated carbocycles. The molecule has 4 rings (SSSR count). The number of H-pyrrole nitrogens is 1. The molecule has 0 spiro atoms. The maximum atomic E-state index is 13.0. The maximum absolute atomic E-state index is 13.0. The van der Waals surface area contributed by atoms with E-state index in [1.807, 2.05) is 35.2 Å². The second-order valence-electron chi connectivity index (χ2n) is 7.40. The van der Waals surface area contributed by atoms with Crippen LogP contribution in [0.1, 0.15) is 16.2 Å². The van der Waals surface area contributed by atoms with E-state index in [-0.39, 0.29) is 5.91 Å². The normalized spacial score (nSPS) is 14.8. The fourth-order valence-electron chi connectivity index (χ4n) is 3.84. The number of anilines is 1. The molecule has 8 nitrogen and oxygen atoms in total. The van der Waals surface area contributed by atoms with Gasteiger partial charge in [-0.05, 0) is 24.3 Å². The summed E-state index contributed by atoms with van der Waals surface area (Å²) in [5.74, 6) is 1.29. The van der Waals surface area contributed by atoms with Crippen LogP contribution in [0.25, 0.3) is 10.9 Å². The third-order valence-electron chi connectivity index (χ3n) is 5.61. The molecule has 1 amide bonds. The molecule has 1 fully saturated rings. The van der Waals surface area contributed by atoms with E-state index in [1.54, 1.807) is 20.4 Å². The van der Waals surface area contributed by atoms with E-state index in [0.29, 0.717) is 30.3 Å². The van der Waals surface area contributed by atoms with Crippen LogP contribution in [0.2, 0.25) is 0 Å². The molecule has 0 radical (unpaired) electrons. The van der Waals surface area contributed by atoms with Gasteiger partial charge in [0.25, 0.3) is 5.91 Å². The van der Waals surface area contributed by atoms with Crippen molar-refractivity contribution in [1.29, 1.82) is 0 Å². The fourth-order valence-corrected chi connectivity index (χ4v) is 3.84. The van der Waals surface area contributed by atoms with Gasteiger partial charge in [0.15, 0.2) is 11.5 Å². The molecule has 3 heterocycles. The SMILES string of the molecule is COc1cc2cc(C(=O)N3CCN(CCc4ncccc4N)CC3)[nH]c2cc1OC. The number of piperazine rings is 1. The summed E-state index contributed by atoms with van der Waals surface area (Å²) < 4.78 is 10.7.